The highest BCUT2D eigenvalue weighted by Gasteiger charge is 2.25. The van der Waals surface area contributed by atoms with E-state index in [4.69, 9.17) is 0 Å². The van der Waals surface area contributed by atoms with Crippen LogP contribution in [0.3, 0.4) is 0 Å². The lowest BCUT2D eigenvalue weighted by molar-refractivity contribution is 0.208. The summed E-state index contributed by atoms with van der Waals surface area (Å²) in [5.41, 5.74) is 1.04. The first-order valence-corrected chi connectivity index (χ1v) is 9.80. The van der Waals surface area contributed by atoms with Gasteiger partial charge >= 0.3 is 6.03 Å². The second-order valence-corrected chi connectivity index (χ2v) is 7.69. The maximum atomic E-state index is 14.4. The number of H-pyrrole nitrogens is 1. The number of fused-ring (bicyclic) bond motifs is 1. The molecule has 158 valence electrons. The fraction of sp³-hybridized carbons (Fsp3) is 0.400. The maximum absolute atomic E-state index is 14.4. The third-order valence-corrected chi connectivity index (χ3v) is 5.23. The van der Waals surface area contributed by atoms with Gasteiger partial charge in [-0.1, -0.05) is 0 Å². The topological polar surface area (TPSA) is 98.8 Å². The van der Waals surface area contributed by atoms with Crippen molar-refractivity contribution in [3.63, 3.8) is 0 Å². The molecular weight excluding hydrogens is 392 g/mol. The summed E-state index contributed by atoms with van der Waals surface area (Å²) in [7, 11) is 3.38. The fourth-order valence-corrected chi connectivity index (χ4v) is 3.71. The SMILES string of the molecule is CN(C)C(=O)N[C@@H]1CCC[C@H](Nc2nc(-c3c[nH]c4ncc(F)cc34)ncc2F)C1. The maximum Gasteiger partial charge on any atom is 0.317 e. The molecule has 0 aliphatic heterocycles. The van der Waals surface area contributed by atoms with Crippen molar-refractivity contribution in [3.8, 4) is 11.4 Å². The molecule has 3 heterocycles. The van der Waals surface area contributed by atoms with Gasteiger partial charge in [-0.3, -0.25) is 0 Å². The first-order valence-electron chi connectivity index (χ1n) is 9.80. The van der Waals surface area contributed by atoms with Crippen LogP contribution < -0.4 is 10.6 Å². The van der Waals surface area contributed by atoms with Crippen LogP contribution >= 0.6 is 0 Å². The second kappa shape index (κ2) is 8.21. The number of nitrogens with one attached hydrogen (secondary N) is 3. The van der Waals surface area contributed by atoms with Gasteiger partial charge < -0.3 is 20.5 Å². The fourth-order valence-electron chi connectivity index (χ4n) is 3.71. The lowest BCUT2D eigenvalue weighted by Gasteiger charge is -2.31. The number of aromatic amines is 1. The van der Waals surface area contributed by atoms with Gasteiger partial charge in [0.25, 0.3) is 0 Å². The zero-order valence-corrected chi connectivity index (χ0v) is 16.7. The Kier molecular flexibility index (Phi) is 5.47. The number of hydrogen-bond acceptors (Lipinski definition) is 5. The Hall–Kier alpha value is -3.30. The molecule has 1 fully saturated rings. The van der Waals surface area contributed by atoms with Crippen LogP contribution in [0.15, 0.2) is 24.7 Å². The van der Waals surface area contributed by atoms with E-state index in [-0.39, 0.29) is 29.8 Å². The molecule has 1 aliphatic carbocycles. The number of pyridine rings is 1. The minimum absolute atomic E-state index is 0.0122. The first kappa shape index (κ1) is 20.0. The van der Waals surface area contributed by atoms with Crippen molar-refractivity contribution in [2.24, 2.45) is 0 Å². The van der Waals surface area contributed by atoms with E-state index in [2.05, 4.69) is 30.6 Å². The molecule has 4 rings (SSSR count). The van der Waals surface area contributed by atoms with Gasteiger partial charge in [-0.15, -0.1) is 0 Å². The molecule has 30 heavy (non-hydrogen) atoms. The van der Waals surface area contributed by atoms with Crippen molar-refractivity contribution in [1.29, 1.82) is 0 Å². The summed E-state index contributed by atoms with van der Waals surface area (Å²) in [5.74, 6) is -0.687. The van der Waals surface area contributed by atoms with E-state index in [1.54, 1.807) is 20.3 Å². The molecule has 10 heteroatoms. The number of anilines is 1. The Morgan fingerprint density at radius 3 is 2.80 bits per heavy atom. The summed E-state index contributed by atoms with van der Waals surface area (Å²) < 4.78 is 28.0. The number of halogens is 2. The zero-order valence-electron chi connectivity index (χ0n) is 16.7. The average molecular weight is 415 g/mol. The summed E-state index contributed by atoms with van der Waals surface area (Å²) in [6.45, 7) is 0. The number of urea groups is 1. The highest BCUT2D eigenvalue weighted by atomic mass is 19.1. The van der Waals surface area contributed by atoms with Crippen molar-refractivity contribution in [3.05, 3.63) is 36.3 Å². The summed E-state index contributed by atoms with van der Waals surface area (Å²) >= 11 is 0. The molecule has 2 atom stereocenters. The summed E-state index contributed by atoms with van der Waals surface area (Å²) in [5, 5.41) is 6.66. The van der Waals surface area contributed by atoms with E-state index >= 15 is 0 Å². The third-order valence-electron chi connectivity index (χ3n) is 5.23. The molecule has 0 spiro atoms. The van der Waals surface area contributed by atoms with E-state index in [1.807, 2.05) is 0 Å². The smallest absolute Gasteiger partial charge is 0.317 e. The van der Waals surface area contributed by atoms with Crippen LogP contribution in [0.4, 0.5) is 19.4 Å². The van der Waals surface area contributed by atoms with Gasteiger partial charge in [0.05, 0.1) is 12.4 Å². The van der Waals surface area contributed by atoms with Crippen LogP contribution in [-0.4, -0.2) is 57.0 Å². The van der Waals surface area contributed by atoms with Crippen LogP contribution in [0.1, 0.15) is 25.7 Å². The van der Waals surface area contributed by atoms with Crippen molar-refractivity contribution >= 4 is 22.9 Å². The summed E-state index contributed by atoms with van der Waals surface area (Å²) in [6.07, 6.45) is 7.14. The van der Waals surface area contributed by atoms with E-state index in [0.29, 0.717) is 23.0 Å². The van der Waals surface area contributed by atoms with Crippen LogP contribution in [0.25, 0.3) is 22.4 Å². The Bertz CT molecular complexity index is 1070. The van der Waals surface area contributed by atoms with E-state index in [1.165, 1.54) is 11.0 Å². The molecule has 0 unspecified atom stereocenters. The van der Waals surface area contributed by atoms with Crippen LogP contribution in [0.5, 0.6) is 0 Å². The summed E-state index contributed by atoms with van der Waals surface area (Å²) in [4.78, 5) is 28.8. The Balaban J connectivity index is 1.53. The molecule has 0 radical (unpaired) electrons. The summed E-state index contributed by atoms with van der Waals surface area (Å²) in [6, 6.07) is 1.17. The standard InChI is InChI=1S/C20H23F2N7O/c1-29(2)20(30)27-13-5-3-4-12(7-13)26-19-16(22)10-25-18(28-19)15-9-24-17-14(15)6-11(21)8-23-17/h6,8-10,12-13H,3-5,7H2,1-2H3,(H,23,24)(H,27,30)(H,25,26,28)/t12-,13+/m0/s1. The average Bonchev–Trinajstić information content (AvgIpc) is 3.13. The van der Waals surface area contributed by atoms with Crippen LogP contribution in [0.2, 0.25) is 0 Å². The quantitative estimate of drug-likeness (QED) is 0.607. The number of rotatable bonds is 4. The molecular formula is C20H23F2N7O. The lowest BCUT2D eigenvalue weighted by Crippen LogP contribution is -2.45. The molecule has 3 aromatic heterocycles. The highest BCUT2D eigenvalue weighted by molar-refractivity contribution is 5.91. The van der Waals surface area contributed by atoms with Crippen molar-refractivity contribution < 1.29 is 13.6 Å². The van der Waals surface area contributed by atoms with Gasteiger partial charge in [0.1, 0.15) is 11.5 Å². The van der Waals surface area contributed by atoms with Crippen molar-refractivity contribution in [2.45, 2.75) is 37.8 Å². The Morgan fingerprint density at radius 2 is 2.00 bits per heavy atom. The Morgan fingerprint density at radius 1 is 1.20 bits per heavy atom. The van der Waals surface area contributed by atoms with Crippen molar-refractivity contribution in [1.82, 2.24) is 30.2 Å². The van der Waals surface area contributed by atoms with Crippen LogP contribution in [-0.2, 0) is 0 Å². The third kappa shape index (κ3) is 4.17. The molecule has 1 saturated carbocycles. The molecule has 0 saturated heterocycles. The molecule has 1 aliphatic rings. The van der Waals surface area contributed by atoms with E-state index in [9.17, 15) is 13.6 Å². The normalized spacial score (nSPS) is 18.9. The lowest BCUT2D eigenvalue weighted by atomic mass is 9.91. The van der Waals surface area contributed by atoms with Gasteiger partial charge in [0.2, 0.25) is 0 Å². The molecule has 2 amide bonds. The van der Waals surface area contributed by atoms with Gasteiger partial charge in [0.15, 0.2) is 17.5 Å². The number of hydrogen-bond donors (Lipinski definition) is 3. The second-order valence-electron chi connectivity index (χ2n) is 7.69. The minimum atomic E-state index is -0.567. The molecule has 0 aromatic carbocycles. The molecule has 3 aromatic rings. The Labute approximate surface area is 172 Å². The van der Waals surface area contributed by atoms with E-state index in [0.717, 1.165) is 31.7 Å². The van der Waals surface area contributed by atoms with Gasteiger partial charge in [0, 0.05) is 43.3 Å². The first-order chi connectivity index (χ1) is 14.4. The van der Waals surface area contributed by atoms with Gasteiger partial charge in [-0.2, -0.15) is 0 Å². The van der Waals surface area contributed by atoms with Gasteiger partial charge in [-0.05, 0) is 31.7 Å². The minimum Gasteiger partial charge on any atom is -0.365 e. The van der Waals surface area contributed by atoms with Crippen molar-refractivity contribution in [2.75, 3.05) is 19.4 Å². The molecule has 0 bridgehead atoms. The zero-order chi connectivity index (χ0) is 21.3. The highest BCUT2D eigenvalue weighted by Crippen LogP contribution is 2.28. The monoisotopic (exact) mass is 415 g/mol. The number of nitrogens with zero attached hydrogens (tertiary/aromatic N) is 4. The number of amides is 2. The number of carbonyl (C=O) groups excluding carboxylic acids is 1. The predicted octanol–water partition coefficient (Wildman–Crippen LogP) is 3.29. The molecule has 8 nitrogen and oxygen atoms in total. The number of carbonyl (C=O) groups is 1. The van der Waals surface area contributed by atoms with E-state index < -0.39 is 11.6 Å². The van der Waals surface area contributed by atoms with Crippen LogP contribution in [0, 0.1) is 11.6 Å². The molecule has 3 N–H and O–H groups in total. The predicted molar refractivity (Wildman–Crippen MR) is 109 cm³/mol. The van der Waals surface area contributed by atoms with Gasteiger partial charge in [-0.25, -0.2) is 28.5 Å². The largest absolute Gasteiger partial charge is 0.365 e. The number of aromatic nitrogens is 4.